The molecule has 2 aliphatic rings. The van der Waals surface area contributed by atoms with Crippen LogP contribution in [0, 0.1) is 5.41 Å². The average molecular weight is 319 g/mol. The van der Waals surface area contributed by atoms with Crippen molar-refractivity contribution in [1.29, 1.82) is 0 Å². The van der Waals surface area contributed by atoms with Crippen molar-refractivity contribution in [3.63, 3.8) is 0 Å². The van der Waals surface area contributed by atoms with Crippen LogP contribution in [-0.4, -0.2) is 51.3 Å². The van der Waals surface area contributed by atoms with Crippen LogP contribution in [0.15, 0.2) is 18.2 Å². The molecule has 0 bridgehead atoms. The maximum atomic E-state index is 12.6. The lowest BCUT2D eigenvalue weighted by Gasteiger charge is -2.39. The number of anilines is 1. The number of nitrogens with one attached hydrogen (secondary N) is 2. The third kappa shape index (κ3) is 3.37. The average Bonchev–Trinajstić information content (AvgIpc) is 3.02. The second kappa shape index (κ2) is 6.66. The van der Waals surface area contributed by atoms with Crippen LogP contribution in [0.3, 0.4) is 0 Å². The third-order valence-corrected chi connectivity index (χ3v) is 4.92. The van der Waals surface area contributed by atoms with Gasteiger partial charge in [-0.25, -0.2) is 4.79 Å². The number of amides is 2. The van der Waals surface area contributed by atoms with Gasteiger partial charge in [-0.2, -0.15) is 0 Å². The molecular formula is C17H25N3O3. The minimum atomic E-state index is -0.0387. The van der Waals surface area contributed by atoms with Crippen molar-refractivity contribution in [2.45, 2.75) is 19.3 Å². The predicted octanol–water partition coefficient (Wildman–Crippen LogP) is 2.31. The summed E-state index contributed by atoms with van der Waals surface area (Å²) in [6.07, 6.45) is 3.44. The lowest BCUT2D eigenvalue weighted by atomic mass is 9.79. The summed E-state index contributed by atoms with van der Waals surface area (Å²) < 4.78 is 10.5. The van der Waals surface area contributed by atoms with E-state index >= 15 is 0 Å². The molecule has 0 saturated carbocycles. The monoisotopic (exact) mass is 319 g/mol. The van der Waals surface area contributed by atoms with Crippen LogP contribution < -0.4 is 20.1 Å². The summed E-state index contributed by atoms with van der Waals surface area (Å²) in [7, 11) is 3.18. The van der Waals surface area contributed by atoms with Crippen molar-refractivity contribution >= 4 is 11.7 Å². The van der Waals surface area contributed by atoms with E-state index in [1.807, 2.05) is 11.0 Å². The summed E-state index contributed by atoms with van der Waals surface area (Å²) in [6.45, 7) is 3.73. The van der Waals surface area contributed by atoms with Gasteiger partial charge >= 0.3 is 6.03 Å². The Kier molecular flexibility index (Phi) is 4.61. The number of hydrogen-bond acceptors (Lipinski definition) is 4. The molecule has 2 saturated heterocycles. The zero-order chi connectivity index (χ0) is 16.3. The highest BCUT2D eigenvalue weighted by Gasteiger charge is 2.39. The number of benzene rings is 1. The minimum absolute atomic E-state index is 0.0387. The van der Waals surface area contributed by atoms with Crippen molar-refractivity contribution in [3.05, 3.63) is 18.2 Å². The van der Waals surface area contributed by atoms with Gasteiger partial charge in [0.15, 0.2) is 11.5 Å². The molecule has 3 rings (SSSR count). The van der Waals surface area contributed by atoms with Crippen LogP contribution in [0.2, 0.25) is 0 Å². The fourth-order valence-electron chi connectivity index (χ4n) is 3.64. The standard InChI is InChI=1S/C17H25N3O3/c1-22-14-5-4-13(10-15(14)23-2)19-16(21)20-9-3-6-17(12-20)7-8-18-11-17/h4-5,10,18H,3,6-9,11-12H2,1-2H3,(H,19,21)/t17-/m0/s1. The van der Waals surface area contributed by atoms with Gasteiger partial charge in [0.25, 0.3) is 0 Å². The van der Waals surface area contributed by atoms with Crippen molar-refractivity contribution in [2.24, 2.45) is 5.41 Å². The van der Waals surface area contributed by atoms with E-state index in [4.69, 9.17) is 9.47 Å². The summed E-state index contributed by atoms with van der Waals surface area (Å²) in [5, 5.41) is 6.41. The molecule has 23 heavy (non-hydrogen) atoms. The van der Waals surface area contributed by atoms with Gasteiger partial charge in [-0.15, -0.1) is 0 Å². The molecular weight excluding hydrogens is 294 g/mol. The van der Waals surface area contributed by atoms with Crippen LogP contribution >= 0.6 is 0 Å². The molecule has 1 atom stereocenters. The molecule has 0 aliphatic carbocycles. The number of urea groups is 1. The van der Waals surface area contributed by atoms with Gasteiger partial charge in [-0.1, -0.05) is 0 Å². The zero-order valence-electron chi connectivity index (χ0n) is 13.9. The molecule has 0 radical (unpaired) electrons. The highest BCUT2D eigenvalue weighted by atomic mass is 16.5. The molecule has 2 fully saturated rings. The molecule has 1 aromatic rings. The Labute approximate surface area is 137 Å². The van der Waals surface area contributed by atoms with Crippen molar-refractivity contribution in [3.8, 4) is 11.5 Å². The van der Waals surface area contributed by atoms with Crippen LogP contribution in [0.1, 0.15) is 19.3 Å². The van der Waals surface area contributed by atoms with E-state index in [9.17, 15) is 4.79 Å². The van der Waals surface area contributed by atoms with Crippen LogP contribution in [0.5, 0.6) is 11.5 Å². The second-order valence-corrected chi connectivity index (χ2v) is 6.45. The summed E-state index contributed by atoms with van der Waals surface area (Å²) in [4.78, 5) is 14.5. The number of rotatable bonds is 3. The maximum Gasteiger partial charge on any atom is 0.321 e. The lowest BCUT2D eigenvalue weighted by molar-refractivity contribution is 0.125. The first-order chi connectivity index (χ1) is 11.2. The van der Waals surface area contributed by atoms with Gasteiger partial charge in [-0.05, 0) is 37.9 Å². The smallest absolute Gasteiger partial charge is 0.321 e. The fraction of sp³-hybridized carbons (Fsp3) is 0.588. The van der Waals surface area contributed by atoms with E-state index < -0.39 is 0 Å². The van der Waals surface area contributed by atoms with Crippen LogP contribution in [-0.2, 0) is 0 Å². The van der Waals surface area contributed by atoms with E-state index in [1.165, 1.54) is 6.42 Å². The molecule has 2 heterocycles. The van der Waals surface area contributed by atoms with Gasteiger partial charge < -0.3 is 25.0 Å². The van der Waals surface area contributed by atoms with Gasteiger partial charge in [0.2, 0.25) is 0 Å². The molecule has 2 amide bonds. The molecule has 6 nitrogen and oxygen atoms in total. The molecule has 6 heteroatoms. The summed E-state index contributed by atoms with van der Waals surface area (Å²) in [6, 6.07) is 5.37. The highest BCUT2D eigenvalue weighted by molar-refractivity contribution is 5.89. The molecule has 0 unspecified atom stereocenters. The maximum absolute atomic E-state index is 12.6. The van der Waals surface area contributed by atoms with Gasteiger partial charge in [0, 0.05) is 36.8 Å². The van der Waals surface area contributed by atoms with E-state index in [1.54, 1.807) is 26.4 Å². The molecule has 1 aromatic carbocycles. The van der Waals surface area contributed by atoms with Gasteiger partial charge in [0.05, 0.1) is 14.2 Å². The number of likely N-dealkylation sites (tertiary alicyclic amines) is 1. The number of carbonyl (C=O) groups excluding carboxylic acids is 1. The van der Waals surface area contributed by atoms with Crippen LogP contribution in [0.25, 0.3) is 0 Å². The summed E-state index contributed by atoms with van der Waals surface area (Å²) in [5.74, 6) is 1.26. The topological polar surface area (TPSA) is 62.8 Å². The van der Waals surface area contributed by atoms with Crippen LogP contribution in [0.4, 0.5) is 10.5 Å². The molecule has 2 aliphatic heterocycles. The van der Waals surface area contributed by atoms with E-state index in [2.05, 4.69) is 10.6 Å². The first kappa shape index (κ1) is 15.9. The number of piperidine rings is 1. The Bertz CT molecular complexity index is 570. The predicted molar refractivity (Wildman–Crippen MR) is 89.3 cm³/mol. The Morgan fingerprint density at radius 3 is 2.78 bits per heavy atom. The number of ether oxygens (including phenoxy) is 2. The zero-order valence-corrected chi connectivity index (χ0v) is 13.9. The Morgan fingerprint density at radius 1 is 1.26 bits per heavy atom. The fourth-order valence-corrected chi connectivity index (χ4v) is 3.64. The first-order valence-electron chi connectivity index (χ1n) is 8.14. The largest absolute Gasteiger partial charge is 0.493 e. The third-order valence-electron chi connectivity index (χ3n) is 4.92. The van der Waals surface area contributed by atoms with Gasteiger partial charge in [-0.3, -0.25) is 0 Å². The minimum Gasteiger partial charge on any atom is -0.493 e. The number of hydrogen-bond donors (Lipinski definition) is 2. The normalized spacial score (nSPS) is 23.8. The van der Waals surface area contributed by atoms with Crippen molar-refractivity contribution < 1.29 is 14.3 Å². The molecule has 126 valence electrons. The summed E-state index contributed by atoms with van der Waals surface area (Å²) >= 11 is 0. The number of nitrogens with zero attached hydrogens (tertiary/aromatic N) is 1. The Balaban J connectivity index is 1.66. The van der Waals surface area contributed by atoms with Crippen molar-refractivity contribution in [2.75, 3.05) is 45.7 Å². The lowest BCUT2D eigenvalue weighted by Crippen LogP contribution is -2.48. The molecule has 0 aromatic heterocycles. The number of carbonyl (C=O) groups is 1. The van der Waals surface area contributed by atoms with E-state index in [0.29, 0.717) is 11.5 Å². The highest BCUT2D eigenvalue weighted by Crippen LogP contribution is 2.36. The molecule has 2 N–H and O–H groups in total. The quantitative estimate of drug-likeness (QED) is 0.897. The second-order valence-electron chi connectivity index (χ2n) is 6.45. The Hall–Kier alpha value is -1.95. The SMILES string of the molecule is COc1ccc(NC(=O)N2CCC[C@@]3(CCNC3)C2)cc1OC. The van der Waals surface area contributed by atoms with Crippen molar-refractivity contribution in [1.82, 2.24) is 10.2 Å². The Morgan fingerprint density at radius 2 is 2.09 bits per heavy atom. The number of methoxy groups -OCH3 is 2. The van der Waals surface area contributed by atoms with E-state index in [0.717, 1.165) is 44.7 Å². The van der Waals surface area contributed by atoms with E-state index in [-0.39, 0.29) is 11.4 Å². The van der Waals surface area contributed by atoms with Gasteiger partial charge in [0.1, 0.15) is 0 Å². The first-order valence-corrected chi connectivity index (χ1v) is 8.14. The molecule has 1 spiro atoms. The summed E-state index contributed by atoms with van der Waals surface area (Å²) in [5.41, 5.74) is 0.990.